The van der Waals surface area contributed by atoms with Crippen molar-refractivity contribution in [3.05, 3.63) is 6.33 Å². The molecule has 3 rings (SSSR count). The quantitative estimate of drug-likeness (QED) is 0.0534. The van der Waals surface area contributed by atoms with Crippen LogP contribution >= 0.6 is 69.7 Å². The Kier molecular flexibility index (Phi) is 13.6. The third-order valence-corrected chi connectivity index (χ3v) is 15.9. The number of nitrogens with zero attached hydrogens (tertiary/aromatic N) is 4. The van der Waals surface area contributed by atoms with E-state index >= 15 is 0 Å². The van der Waals surface area contributed by atoms with Gasteiger partial charge in [-0.3, -0.25) is 18.2 Å². The monoisotopic (exact) mass is 787 g/mol. The van der Waals surface area contributed by atoms with Gasteiger partial charge < -0.3 is 34.0 Å². The van der Waals surface area contributed by atoms with Crippen molar-refractivity contribution in [2.24, 2.45) is 0 Å². The highest BCUT2D eigenvalue weighted by Gasteiger charge is 2.64. The Morgan fingerprint density at radius 3 is 2.44 bits per heavy atom. The molecule has 3 heterocycles. The van der Waals surface area contributed by atoms with E-state index in [-0.39, 0.29) is 34.3 Å². The van der Waals surface area contributed by atoms with Gasteiger partial charge in [0.1, 0.15) is 12.3 Å². The van der Waals surface area contributed by atoms with Crippen LogP contribution in [0.2, 0.25) is 0 Å². The van der Waals surface area contributed by atoms with Crippen LogP contribution in [-0.2, 0) is 36.3 Å². The van der Waals surface area contributed by atoms with Crippen LogP contribution in [0.25, 0.3) is 11.2 Å². The summed E-state index contributed by atoms with van der Waals surface area (Å²) < 4.78 is 97.5. The van der Waals surface area contributed by atoms with Gasteiger partial charge in [-0.2, -0.15) is 24.9 Å². The van der Waals surface area contributed by atoms with Gasteiger partial charge in [-0.15, -0.1) is 0 Å². The Bertz CT molecular complexity index is 1470. The summed E-state index contributed by atoms with van der Waals surface area (Å²) in [7, 11) is -14.4. The van der Waals surface area contributed by atoms with Gasteiger partial charge in [-0.1, -0.05) is 35.0 Å². The largest absolute Gasteiger partial charge is 0.479 e. The van der Waals surface area contributed by atoms with Gasteiger partial charge in [-0.05, 0) is 6.26 Å². The number of anilines is 1. The predicted molar refractivity (Wildman–Crippen MR) is 161 cm³/mol. The van der Waals surface area contributed by atoms with Gasteiger partial charge in [-0.25, -0.2) is 23.8 Å². The molecular formula is C19H29Cl2F3N5O11P3S2. The zero-order valence-corrected chi connectivity index (χ0v) is 29.3. The molecule has 1 fully saturated rings. The highest BCUT2D eigenvalue weighted by atomic mass is 35.5. The molecule has 26 heteroatoms. The summed E-state index contributed by atoms with van der Waals surface area (Å²) in [5.74, 6) is 0.633. The van der Waals surface area contributed by atoms with E-state index in [9.17, 15) is 41.8 Å². The minimum Gasteiger partial charge on any atom is -0.390 e. The number of aromatic nitrogens is 4. The second-order valence-corrected chi connectivity index (χ2v) is 19.7. The molecule has 0 spiro atoms. The molecular weight excluding hydrogens is 759 g/mol. The molecule has 0 aliphatic carbocycles. The first-order valence-electron chi connectivity index (χ1n) is 12.4. The fraction of sp³-hybridized carbons (Fsp3) is 0.737. The minimum atomic E-state index is -5.69. The summed E-state index contributed by atoms with van der Waals surface area (Å²) in [5, 5.41) is 13.7. The Hall–Kier alpha value is -0.210. The lowest BCUT2D eigenvalue weighted by Gasteiger charge is -2.30. The summed E-state index contributed by atoms with van der Waals surface area (Å²) in [6, 6.07) is 0. The van der Waals surface area contributed by atoms with Crippen molar-refractivity contribution in [1.29, 1.82) is 0 Å². The zero-order valence-electron chi connectivity index (χ0n) is 23.5. The minimum absolute atomic E-state index is 0.0338. The van der Waals surface area contributed by atoms with Crippen molar-refractivity contribution in [1.82, 2.24) is 19.5 Å². The molecule has 1 aliphatic heterocycles. The number of nitrogens with one attached hydrogen (secondary N) is 1. The number of rotatable bonds is 17. The number of aliphatic hydroxyl groups is 1. The number of phosphoric acid groups is 1. The Morgan fingerprint density at radius 2 is 1.84 bits per heavy atom. The Morgan fingerprint density at radius 1 is 1.18 bits per heavy atom. The maximum absolute atomic E-state index is 12.7. The van der Waals surface area contributed by atoms with Gasteiger partial charge in [0.15, 0.2) is 22.1 Å². The molecule has 2 unspecified atom stereocenters. The van der Waals surface area contributed by atoms with Gasteiger partial charge >= 0.3 is 33.0 Å². The Balaban J connectivity index is 1.77. The highest BCUT2D eigenvalue weighted by molar-refractivity contribution is 7.99. The molecule has 5 atom stereocenters. The van der Waals surface area contributed by atoms with Gasteiger partial charge in [0.2, 0.25) is 0 Å². The van der Waals surface area contributed by atoms with E-state index in [0.29, 0.717) is 12.3 Å². The number of fused-ring (bicyclic) bond motifs is 1. The van der Waals surface area contributed by atoms with Crippen LogP contribution in [0.15, 0.2) is 11.5 Å². The lowest BCUT2D eigenvalue weighted by molar-refractivity contribution is -0.129. The molecule has 4 N–H and O–H groups in total. The molecule has 1 saturated heterocycles. The number of ether oxygens (including phenoxy) is 1. The van der Waals surface area contributed by atoms with Crippen molar-refractivity contribution < 1.29 is 64.4 Å². The van der Waals surface area contributed by atoms with Crippen molar-refractivity contribution in [3.8, 4) is 0 Å². The average Bonchev–Trinajstić information content (AvgIpc) is 3.53. The number of hydrogen-bond acceptors (Lipinski definition) is 15. The first-order chi connectivity index (χ1) is 20.8. The molecule has 1 aliphatic rings. The SMILES string of the molecule is COP(=O)(OC)C(Cl)(Cl)P(=O)(O)OP(=O)(O)OC[C@H]1O[C@@H](n2cnc3c(NCCSC)nc(SCCC(F)(F)F)nc32)C[C@@H]1O. The van der Waals surface area contributed by atoms with E-state index in [1.807, 2.05) is 6.26 Å². The van der Waals surface area contributed by atoms with E-state index in [2.05, 4.69) is 33.6 Å². The van der Waals surface area contributed by atoms with Gasteiger partial charge in [0.05, 0.1) is 25.5 Å². The van der Waals surface area contributed by atoms with Crippen LogP contribution in [0, 0.1) is 0 Å². The molecule has 16 nitrogen and oxygen atoms in total. The molecule has 2 aromatic rings. The van der Waals surface area contributed by atoms with Crippen LogP contribution in [0.5, 0.6) is 0 Å². The normalized spacial score (nSPS) is 22.4. The lowest BCUT2D eigenvalue weighted by atomic mass is 10.2. The average molecular weight is 788 g/mol. The maximum atomic E-state index is 12.7. The fourth-order valence-corrected chi connectivity index (χ4v) is 10.9. The second-order valence-electron chi connectivity index (χ2n) is 8.98. The Labute approximate surface area is 273 Å². The summed E-state index contributed by atoms with van der Waals surface area (Å²) >= 11 is 13.8. The molecule has 45 heavy (non-hydrogen) atoms. The number of aliphatic hydroxyl groups excluding tert-OH is 1. The summed E-state index contributed by atoms with van der Waals surface area (Å²) in [5.41, 5.74) is 0.444. The third-order valence-electron chi connectivity index (χ3n) is 5.90. The number of imidazole rings is 1. The molecule has 0 aromatic carbocycles. The molecule has 0 bridgehead atoms. The molecule has 258 valence electrons. The maximum Gasteiger partial charge on any atom is 0.479 e. The molecule has 0 radical (unpaired) electrons. The number of thioether (sulfide) groups is 2. The lowest BCUT2D eigenvalue weighted by Crippen LogP contribution is -2.26. The van der Waals surface area contributed by atoms with Crippen LogP contribution in [-0.4, -0.2) is 102 Å². The summed E-state index contributed by atoms with van der Waals surface area (Å²) in [6.07, 6.45) is -5.97. The highest BCUT2D eigenvalue weighted by Crippen LogP contribution is 2.82. The standard InChI is InChI=1S/C19H29Cl2F3N5O11P3S2/c1-36-42(33,37-2)19(20,21)41(31,32)40-43(34,35)38-9-12-11(30)8-13(39-12)29-10-26-14-15(25-5-7-44-3)27-17(28-16(14)29)45-6-4-18(22,23)24/h10-13,30H,4-9H2,1-3H3,(H,31,32)(H,34,35)(H,25,27,28)/t11-,12+,13+/m0/s1. The van der Waals surface area contributed by atoms with Crippen molar-refractivity contribution in [2.75, 3.05) is 50.4 Å². The first kappa shape index (κ1) is 39.2. The second kappa shape index (κ2) is 15.6. The topological polar surface area (TPSA) is 214 Å². The zero-order chi connectivity index (χ0) is 33.8. The van der Waals surface area contributed by atoms with Crippen molar-refractivity contribution in [3.63, 3.8) is 0 Å². The van der Waals surface area contributed by atoms with Crippen molar-refractivity contribution in [2.45, 2.75) is 46.4 Å². The van der Waals surface area contributed by atoms with Crippen LogP contribution in [0.1, 0.15) is 19.1 Å². The van der Waals surface area contributed by atoms with E-state index in [1.54, 1.807) is 11.8 Å². The number of halogens is 5. The first-order valence-corrected chi connectivity index (χ1v) is 20.2. The molecule has 0 saturated carbocycles. The van der Waals surface area contributed by atoms with E-state index in [4.69, 9.17) is 32.5 Å². The summed E-state index contributed by atoms with van der Waals surface area (Å²) in [4.78, 5) is 33.2. The predicted octanol–water partition coefficient (Wildman–Crippen LogP) is 5.19. The smallest absolute Gasteiger partial charge is 0.390 e. The number of hydrogen-bond donors (Lipinski definition) is 4. The van der Waals surface area contributed by atoms with Crippen LogP contribution < -0.4 is 5.32 Å². The van der Waals surface area contributed by atoms with Crippen LogP contribution in [0.4, 0.5) is 19.0 Å². The third kappa shape index (κ3) is 9.70. The fourth-order valence-electron chi connectivity index (χ4n) is 3.69. The van der Waals surface area contributed by atoms with Gasteiger partial charge in [0, 0.05) is 38.7 Å². The van der Waals surface area contributed by atoms with E-state index in [1.165, 1.54) is 10.9 Å². The molecule has 2 aromatic heterocycles. The summed E-state index contributed by atoms with van der Waals surface area (Å²) in [6.45, 7) is -0.394. The van der Waals surface area contributed by atoms with Gasteiger partial charge in [0.25, 0.3) is 0 Å². The van der Waals surface area contributed by atoms with E-state index < -0.39 is 64.5 Å². The van der Waals surface area contributed by atoms with E-state index in [0.717, 1.165) is 26.0 Å². The van der Waals surface area contributed by atoms with Crippen molar-refractivity contribution >= 4 is 86.7 Å². The number of alkyl halides is 5. The molecule has 0 amide bonds. The van der Waals surface area contributed by atoms with Crippen LogP contribution in [0.3, 0.4) is 0 Å². The number of phosphoric ester groups is 1.